The molecule has 0 N–H and O–H groups in total. The van der Waals surface area contributed by atoms with Crippen molar-refractivity contribution in [3.63, 3.8) is 0 Å². The number of halogens is 3. The fourth-order valence-corrected chi connectivity index (χ4v) is 6.51. The topological polar surface area (TPSA) is 3.24 Å². The lowest BCUT2D eigenvalue weighted by molar-refractivity contribution is -0.137. The van der Waals surface area contributed by atoms with E-state index in [2.05, 4.69) is 95.9 Å². The van der Waals surface area contributed by atoms with Crippen molar-refractivity contribution >= 4 is 60.2 Å². The molecule has 0 bridgehead atoms. The number of hydrogen-bond donors (Lipinski definition) is 0. The van der Waals surface area contributed by atoms with Gasteiger partial charge in [0.25, 0.3) is 0 Å². The van der Waals surface area contributed by atoms with E-state index in [-0.39, 0.29) is 0 Å². The number of nitrogens with zero attached hydrogens (tertiary/aromatic N) is 1. The molecule has 0 amide bonds. The van der Waals surface area contributed by atoms with Crippen molar-refractivity contribution in [3.8, 4) is 11.1 Å². The normalized spacial score (nSPS) is 12.1. The highest BCUT2D eigenvalue weighted by Crippen LogP contribution is 2.46. The molecule has 0 unspecified atom stereocenters. The molecule has 0 aliphatic heterocycles. The molecule has 43 heavy (non-hydrogen) atoms. The Balaban J connectivity index is 1.42. The average molecular weight is 564 g/mol. The molecule has 0 aliphatic rings. The molecule has 0 aliphatic carbocycles. The molecule has 0 spiro atoms. The maximum Gasteiger partial charge on any atom is 0.416 e. The molecular weight excluding hydrogens is 539 g/mol. The first-order valence-electron chi connectivity index (χ1n) is 14.2. The fourth-order valence-electron chi connectivity index (χ4n) is 6.51. The smallest absolute Gasteiger partial charge is 0.310 e. The van der Waals surface area contributed by atoms with Gasteiger partial charge in [-0.15, -0.1) is 0 Å². The summed E-state index contributed by atoms with van der Waals surface area (Å²) in [5.74, 6) is 0. The van der Waals surface area contributed by atoms with Crippen LogP contribution in [0, 0.1) is 0 Å². The Morgan fingerprint density at radius 2 is 1.00 bits per heavy atom. The first kappa shape index (κ1) is 25.4. The Morgan fingerprint density at radius 1 is 0.419 bits per heavy atom. The largest absolute Gasteiger partial charge is 0.416 e. The van der Waals surface area contributed by atoms with Crippen molar-refractivity contribution in [2.45, 2.75) is 6.18 Å². The van der Waals surface area contributed by atoms with Gasteiger partial charge in [-0.25, -0.2) is 0 Å². The van der Waals surface area contributed by atoms with E-state index in [1.807, 2.05) is 30.3 Å². The van der Waals surface area contributed by atoms with Gasteiger partial charge in [0.05, 0.1) is 11.3 Å². The van der Waals surface area contributed by atoms with E-state index >= 15 is 0 Å². The molecule has 0 fully saturated rings. The molecule has 8 aromatic carbocycles. The van der Waals surface area contributed by atoms with E-state index in [9.17, 15) is 13.2 Å². The number of hydrogen-bond acceptors (Lipinski definition) is 1. The Bertz CT molecular complexity index is 2220. The van der Waals surface area contributed by atoms with Crippen molar-refractivity contribution < 1.29 is 13.2 Å². The quantitative estimate of drug-likeness (QED) is 0.152. The first-order chi connectivity index (χ1) is 21.0. The van der Waals surface area contributed by atoms with Gasteiger partial charge in [-0.1, -0.05) is 103 Å². The van der Waals surface area contributed by atoms with Crippen molar-refractivity contribution in [1.82, 2.24) is 0 Å². The van der Waals surface area contributed by atoms with Crippen molar-refractivity contribution in [2.24, 2.45) is 0 Å². The standard InChI is InChI=1S/C39H24F3N/c40-39(41,42)28-18-20-29(21-19-28)43(30-13-4-12-27(24-30)25-8-2-1-3-9-25)36-23-22-34-32-15-6-11-26-10-5-14-31(37(26)32)33-16-7-17-35(36)38(33)34/h1-24H. The molecule has 0 atom stereocenters. The summed E-state index contributed by atoms with van der Waals surface area (Å²) in [7, 11) is 0. The summed E-state index contributed by atoms with van der Waals surface area (Å²) < 4.78 is 40.7. The highest BCUT2D eigenvalue weighted by atomic mass is 19.4. The molecule has 0 saturated carbocycles. The second-order valence-corrected chi connectivity index (χ2v) is 10.9. The lowest BCUT2D eigenvalue weighted by atomic mass is 9.89. The van der Waals surface area contributed by atoms with Crippen LogP contribution in [-0.2, 0) is 6.18 Å². The van der Waals surface area contributed by atoms with Crippen LogP contribution in [0.3, 0.4) is 0 Å². The van der Waals surface area contributed by atoms with E-state index < -0.39 is 11.7 Å². The molecule has 0 radical (unpaired) electrons. The molecule has 0 saturated heterocycles. The van der Waals surface area contributed by atoms with Gasteiger partial charge in [-0.3, -0.25) is 0 Å². The maximum absolute atomic E-state index is 13.6. The number of benzene rings is 8. The number of rotatable bonds is 4. The third-order valence-corrected chi connectivity index (χ3v) is 8.41. The van der Waals surface area contributed by atoms with Gasteiger partial charge in [0.1, 0.15) is 0 Å². The number of fused-ring (bicyclic) bond motifs is 2. The van der Waals surface area contributed by atoms with Crippen LogP contribution in [-0.4, -0.2) is 0 Å². The number of alkyl halides is 3. The lowest BCUT2D eigenvalue weighted by Gasteiger charge is -2.28. The van der Waals surface area contributed by atoms with Gasteiger partial charge in [0.15, 0.2) is 0 Å². The second-order valence-electron chi connectivity index (χ2n) is 10.9. The van der Waals surface area contributed by atoms with Gasteiger partial charge >= 0.3 is 6.18 Å². The zero-order valence-corrected chi connectivity index (χ0v) is 22.9. The number of anilines is 3. The van der Waals surface area contributed by atoms with Gasteiger partial charge in [-0.05, 0) is 91.3 Å². The first-order valence-corrected chi connectivity index (χ1v) is 14.2. The molecule has 8 rings (SSSR count). The Hall–Kier alpha value is -5.35. The van der Waals surface area contributed by atoms with Crippen LogP contribution < -0.4 is 4.90 Å². The summed E-state index contributed by atoms with van der Waals surface area (Å²) in [4.78, 5) is 2.07. The van der Waals surface area contributed by atoms with Crippen molar-refractivity contribution in [3.05, 3.63) is 151 Å². The minimum Gasteiger partial charge on any atom is -0.310 e. The maximum atomic E-state index is 13.6. The third-order valence-electron chi connectivity index (χ3n) is 8.41. The second kappa shape index (κ2) is 9.60. The molecule has 8 aromatic rings. The van der Waals surface area contributed by atoms with E-state index in [0.717, 1.165) is 56.2 Å². The molecule has 0 heterocycles. The van der Waals surface area contributed by atoms with Gasteiger partial charge < -0.3 is 4.90 Å². The van der Waals surface area contributed by atoms with Gasteiger partial charge in [0, 0.05) is 16.8 Å². The SMILES string of the molecule is FC(F)(F)c1ccc(N(c2cccc(-c3ccccc3)c2)c2ccc3c4cccc5cccc(c6cccc2c63)c54)cc1. The predicted octanol–water partition coefficient (Wildman–Crippen LogP) is 11.9. The average Bonchev–Trinajstić information content (AvgIpc) is 3.04. The molecule has 206 valence electrons. The molecule has 4 heteroatoms. The predicted molar refractivity (Wildman–Crippen MR) is 173 cm³/mol. The zero-order valence-electron chi connectivity index (χ0n) is 22.9. The van der Waals surface area contributed by atoms with Crippen LogP contribution >= 0.6 is 0 Å². The lowest BCUT2D eigenvalue weighted by Crippen LogP contribution is -2.12. The molecule has 1 nitrogen and oxygen atoms in total. The monoisotopic (exact) mass is 563 g/mol. The van der Waals surface area contributed by atoms with Crippen LogP contribution in [0.5, 0.6) is 0 Å². The molecular formula is C39H24F3N. The Kier molecular flexibility index (Phi) is 5.66. The minimum absolute atomic E-state index is 0.650. The van der Waals surface area contributed by atoms with E-state index in [0.29, 0.717) is 5.69 Å². The summed E-state index contributed by atoms with van der Waals surface area (Å²) in [6, 6.07) is 47.1. The summed E-state index contributed by atoms with van der Waals surface area (Å²) in [6.07, 6.45) is -4.41. The van der Waals surface area contributed by atoms with Crippen LogP contribution in [0.1, 0.15) is 5.56 Å². The van der Waals surface area contributed by atoms with Crippen molar-refractivity contribution in [1.29, 1.82) is 0 Å². The summed E-state index contributed by atoms with van der Waals surface area (Å²) in [6.45, 7) is 0. The van der Waals surface area contributed by atoms with Crippen LogP contribution in [0.15, 0.2) is 146 Å². The fraction of sp³-hybridized carbons (Fsp3) is 0.0256. The van der Waals surface area contributed by atoms with Crippen LogP contribution in [0.25, 0.3) is 54.2 Å². The van der Waals surface area contributed by atoms with Crippen molar-refractivity contribution in [2.75, 3.05) is 4.90 Å². The van der Waals surface area contributed by atoms with E-state index in [4.69, 9.17) is 0 Å². The third kappa shape index (κ3) is 4.10. The van der Waals surface area contributed by atoms with E-state index in [1.54, 1.807) is 12.1 Å². The van der Waals surface area contributed by atoms with E-state index in [1.165, 1.54) is 21.5 Å². The minimum atomic E-state index is -4.41. The van der Waals surface area contributed by atoms with Crippen LogP contribution in [0.4, 0.5) is 30.2 Å². The summed E-state index contributed by atoms with van der Waals surface area (Å²) >= 11 is 0. The van der Waals surface area contributed by atoms with Gasteiger partial charge in [-0.2, -0.15) is 13.2 Å². The molecule has 0 aromatic heterocycles. The van der Waals surface area contributed by atoms with Crippen LogP contribution in [0.2, 0.25) is 0 Å². The Morgan fingerprint density at radius 3 is 1.70 bits per heavy atom. The highest BCUT2D eigenvalue weighted by Gasteiger charge is 2.30. The zero-order chi connectivity index (χ0) is 29.1. The summed E-state index contributed by atoms with van der Waals surface area (Å²) in [5, 5.41) is 9.31. The summed E-state index contributed by atoms with van der Waals surface area (Å²) in [5.41, 5.74) is 3.84. The Labute approximate surface area is 246 Å². The van der Waals surface area contributed by atoms with Gasteiger partial charge in [0.2, 0.25) is 0 Å². The highest BCUT2D eigenvalue weighted by molar-refractivity contribution is 6.34.